The minimum atomic E-state index is -0.443. The largest absolute Gasteiger partial charge is 0.451 e. The summed E-state index contributed by atoms with van der Waals surface area (Å²) in [5, 5.41) is 0.687. The molecule has 0 unspecified atom stereocenters. The highest BCUT2D eigenvalue weighted by Crippen LogP contribution is 2.28. The monoisotopic (exact) mass is 240 g/mol. The Labute approximate surface area is 97.0 Å². The standard InChI is InChI=1S/C12H10ClFO2/c1-6(2)11(15)10-4-7-3-8(14)5-9(13)12(7)16-10/h3-6H,1-2H3. The van der Waals surface area contributed by atoms with Gasteiger partial charge >= 0.3 is 0 Å². The molecule has 4 heteroatoms. The van der Waals surface area contributed by atoms with Crippen molar-refractivity contribution in [3.05, 3.63) is 34.8 Å². The predicted octanol–water partition coefficient (Wildman–Crippen LogP) is 4.06. The Hall–Kier alpha value is -1.35. The molecule has 16 heavy (non-hydrogen) atoms. The second-order valence-electron chi connectivity index (χ2n) is 3.94. The molecule has 1 aromatic carbocycles. The molecule has 0 bridgehead atoms. The number of carbonyl (C=O) groups excluding carboxylic acids is 1. The van der Waals surface area contributed by atoms with E-state index in [0.717, 1.165) is 6.07 Å². The Bertz CT molecular complexity index is 557. The Morgan fingerprint density at radius 2 is 2.06 bits per heavy atom. The fourth-order valence-electron chi connectivity index (χ4n) is 1.48. The van der Waals surface area contributed by atoms with Gasteiger partial charge in [-0.05, 0) is 18.2 Å². The van der Waals surface area contributed by atoms with Gasteiger partial charge in [-0.1, -0.05) is 25.4 Å². The quantitative estimate of drug-likeness (QED) is 0.741. The van der Waals surface area contributed by atoms with Crippen molar-refractivity contribution in [2.24, 2.45) is 5.92 Å². The number of fused-ring (bicyclic) bond motifs is 1. The van der Waals surface area contributed by atoms with Crippen molar-refractivity contribution >= 4 is 28.4 Å². The zero-order chi connectivity index (χ0) is 11.9. The normalized spacial score (nSPS) is 11.3. The topological polar surface area (TPSA) is 30.2 Å². The molecule has 0 aliphatic rings. The number of halogens is 2. The Kier molecular flexibility index (Phi) is 2.72. The maximum atomic E-state index is 13.1. The average Bonchev–Trinajstić information content (AvgIpc) is 2.60. The zero-order valence-electron chi connectivity index (χ0n) is 8.88. The number of carbonyl (C=O) groups is 1. The van der Waals surface area contributed by atoms with Crippen LogP contribution in [0.2, 0.25) is 5.02 Å². The smallest absolute Gasteiger partial charge is 0.200 e. The number of hydrogen-bond donors (Lipinski definition) is 0. The summed E-state index contributed by atoms with van der Waals surface area (Å²) in [5.41, 5.74) is 0.354. The fraction of sp³-hybridized carbons (Fsp3) is 0.250. The van der Waals surface area contributed by atoms with E-state index < -0.39 is 5.82 Å². The van der Waals surface area contributed by atoms with Gasteiger partial charge in [0.15, 0.2) is 11.3 Å². The van der Waals surface area contributed by atoms with Crippen molar-refractivity contribution in [1.29, 1.82) is 0 Å². The Morgan fingerprint density at radius 1 is 1.38 bits per heavy atom. The van der Waals surface area contributed by atoms with Gasteiger partial charge < -0.3 is 4.42 Å². The minimum Gasteiger partial charge on any atom is -0.451 e. The molecule has 0 N–H and O–H groups in total. The van der Waals surface area contributed by atoms with Crippen LogP contribution in [0.15, 0.2) is 22.6 Å². The van der Waals surface area contributed by atoms with Crippen LogP contribution in [0.1, 0.15) is 24.4 Å². The Morgan fingerprint density at radius 3 is 2.69 bits per heavy atom. The number of ketones is 1. The highest BCUT2D eigenvalue weighted by molar-refractivity contribution is 6.34. The van der Waals surface area contributed by atoms with E-state index in [9.17, 15) is 9.18 Å². The third-order valence-corrected chi connectivity index (χ3v) is 2.58. The lowest BCUT2D eigenvalue weighted by atomic mass is 10.1. The molecule has 0 amide bonds. The van der Waals surface area contributed by atoms with Crippen LogP contribution >= 0.6 is 11.6 Å². The van der Waals surface area contributed by atoms with Crippen molar-refractivity contribution in [3.8, 4) is 0 Å². The van der Waals surface area contributed by atoms with Crippen LogP contribution < -0.4 is 0 Å². The van der Waals surface area contributed by atoms with Crippen LogP contribution in [0.25, 0.3) is 11.0 Å². The molecule has 0 saturated carbocycles. The van der Waals surface area contributed by atoms with Crippen LogP contribution in [-0.4, -0.2) is 5.78 Å². The van der Waals surface area contributed by atoms with Gasteiger partial charge in [0.1, 0.15) is 5.82 Å². The molecule has 0 saturated heterocycles. The molecule has 1 aromatic heterocycles. The molecular weight excluding hydrogens is 231 g/mol. The zero-order valence-corrected chi connectivity index (χ0v) is 9.64. The lowest BCUT2D eigenvalue weighted by molar-refractivity contribution is 0.0913. The molecule has 0 fully saturated rings. The second-order valence-corrected chi connectivity index (χ2v) is 4.34. The molecule has 0 spiro atoms. The number of Topliss-reactive ketones (excluding diaryl/α,β-unsaturated/α-hetero) is 1. The molecule has 2 rings (SSSR count). The van der Waals surface area contributed by atoms with E-state index in [0.29, 0.717) is 11.0 Å². The van der Waals surface area contributed by atoms with E-state index in [2.05, 4.69) is 0 Å². The van der Waals surface area contributed by atoms with E-state index in [1.54, 1.807) is 13.8 Å². The first-order chi connectivity index (χ1) is 7.49. The van der Waals surface area contributed by atoms with Crippen LogP contribution in [0.5, 0.6) is 0 Å². The summed E-state index contributed by atoms with van der Waals surface area (Å²) in [5.74, 6) is -0.504. The van der Waals surface area contributed by atoms with Gasteiger partial charge in [-0.15, -0.1) is 0 Å². The van der Waals surface area contributed by atoms with E-state index >= 15 is 0 Å². The van der Waals surface area contributed by atoms with E-state index in [4.69, 9.17) is 16.0 Å². The van der Waals surface area contributed by atoms with Crippen LogP contribution in [0.3, 0.4) is 0 Å². The molecule has 1 heterocycles. The first kappa shape index (κ1) is 11.1. The summed E-state index contributed by atoms with van der Waals surface area (Å²) in [4.78, 5) is 11.7. The van der Waals surface area contributed by atoms with Gasteiger partial charge in [0.25, 0.3) is 0 Å². The van der Waals surface area contributed by atoms with Crippen LogP contribution in [0.4, 0.5) is 4.39 Å². The maximum Gasteiger partial charge on any atom is 0.200 e. The fourth-order valence-corrected chi connectivity index (χ4v) is 1.73. The summed E-state index contributed by atoms with van der Waals surface area (Å²) in [6, 6.07) is 3.98. The van der Waals surface area contributed by atoms with Crippen molar-refractivity contribution in [1.82, 2.24) is 0 Å². The molecule has 0 aliphatic heterocycles. The lowest BCUT2D eigenvalue weighted by Gasteiger charge is -1.98. The molecule has 84 valence electrons. The number of rotatable bonds is 2. The van der Waals surface area contributed by atoms with Crippen LogP contribution in [-0.2, 0) is 0 Å². The lowest BCUT2D eigenvalue weighted by Crippen LogP contribution is -2.05. The predicted molar refractivity (Wildman–Crippen MR) is 60.4 cm³/mol. The molecule has 0 atom stereocenters. The third-order valence-electron chi connectivity index (χ3n) is 2.30. The van der Waals surface area contributed by atoms with E-state index in [1.165, 1.54) is 12.1 Å². The van der Waals surface area contributed by atoms with Gasteiger partial charge in [0.05, 0.1) is 5.02 Å². The van der Waals surface area contributed by atoms with Crippen molar-refractivity contribution in [2.45, 2.75) is 13.8 Å². The first-order valence-electron chi connectivity index (χ1n) is 4.92. The second kappa shape index (κ2) is 3.91. The van der Waals surface area contributed by atoms with Gasteiger partial charge in [-0.3, -0.25) is 4.79 Å². The van der Waals surface area contributed by atoms with Gasteiger partial charge in [0, 0.05) is 11.3 Å². The third kappa shape index (κ3) is 1.83. The van der Waals surface area contributed by atoms with Gasteiger partial charge in [-0.2, -0.15) is 0 Å². The van der Waals surface area contributed by atoms with Crippen molar-refractivity contribution in [3.63, 3.8) is 0 Å². The Balaban J connectivity index is 2.60. The van der Waals surface area contributed by atoms with Crippen molar-refractivity contribution in [2.75, 3.05) is 0 Å². The maximum absolute atomic E-state index is 13.1. The SMILES string of the molecule is CC(C)C(=O)c1cc2cc(F)cc(Cl)c2o1. The number of benzene rings is 1. The van der Waals surface area contributed by atoms with E-state index in [1.807, 2.05) is 0 Å². The van der Waals surface area contributed by atoms with E-state index in [-0.39, 0.29) is 22.5 Å². The first-order valence-corrected chi connectivity index (χ1v) is 5.29. The minimum absolute atomic E-state index is 0.118. The summed E-state index contributed by atoms with van der Waals surface area (Å²) in [7, 11) is 0. The molecule has 2 aromatic rings. The molecule has 2 nitrogen and oxygen atoms in total. The summed E-state index contributed by atoms with van der Waals surface area (Å²) in [6.45, 7) is 3.55. The number of hydrogen-bond acceptors (Lipinski definition) is 2. The average molecular weight is 241 g/mol. The number of furan rings is 1. The summed E-state index contributed by atoms with van der Waals surface area (Å²) in [6.07, 6.45) is 0. The van der Waals surface area contributed by atoms with Crippen molar-refractivity contribution < 1.29 is 13.6 Å². The molecule has 0 radical (unpaired) electrons. The molecular formula is C12H10ClFO2. The molecule has 0 aliphatic carbocycles. The summed E-state index contributed by atoms with van der Waals surface area (Å²) >= 11 is 5.81. The highest BCUT2D eigenvalue weighted by Gasteiger charge is 2.17. The highest BCUT2D eigenvalue weighted by atomic mass is 35.5. The summed E-state index contributed by atoms with van der Waals surface area (Å²) < 4.78 is 18.4. The van der Waals surface area contributed by atoms with Gasteiger partial charge in [-0.25, -0.2) is 4.39 Å². The van der Waals surface area contributed by atoms with Crippen LogP contribution in [0, 0.1) is 11.7 Å². The van der Waals surface area contributed by atoms with Gasteiger partial charge in [0.2, 0.25) is 5.78 Å².